The van der Waals surface area contributed by atoms with Crippen LogP contribution in [0.25, 0.3) is 0 Å². The predicted octanol–water partition coefficient (Wildman–Crippen LogP) is 3.15. The number of rotatable bonds is 5. The molecule has 1 aromatic rings. The van der Waals surface area contributed by atoms with Crippen molar-refractivity contribution in [3.05, 3.63) is 16.1 Å². The van der Waals surface area contributed by atoms with Crippen molar-refractivity contribution >= 4 is 11.3 Å². The first-order valence-corrected chi connectivity index (χ1v) is 8.48. The number of hydrogen-bond donors (Lipinski definition) is 1. The molecule has 2 heterocycles. The van der Waals surface area contributed by atoms with Crippen LogP contribution in [0.3, 0.4) is 0 Å². The van der Waals surface area contributed by atoms with E-state index in [2.05, 4.69) is 36.4 Å². The van der Waals surface area contributed by atoms with Crippen molar-refractivity contribution in [2.24, 2.45) is 0 Å². The van der Waals surface area contributed by atoms with Gasteiger partial charge >= 0.3 is 0 Å². The first-order chi connectivity index (χ1) is 9.20. The van der Waals surface area contributed by atoms with E-state index in [1.54, 1.807) is 0 Å². The zero-order chi connectivity index (χ0) is 13.7. The average molecular weight is 281 g/mol. The molecule has 0 bridgehead atoms. The monoisotopic (exact) mass is 281 g/mol. The normalized spacial score (nSPS) is 25.4. The van der Waals surface area contributed by atoms with E-state index in [-0.39, 0.29) is 5.54 Å². The van der Waals surface area contributed by atoms with Gasteiger partial charge in [-0.25, -0.2) is 4.98 Å². The van der Waals surface area contributed by atoms with Gasteiger partial charge in [-0.15, -0.1) is 11.3 Å². The Labute approximate surface area is 121 Å². The van der Waals surface area contributed by atoms with Crippen molar-refractivity contribution in [3.8, 4) is 0 Å². The molecule has 1 unspecified atom stereocenters. The first-order valence-electron chi connectivity index (χ1n) is 7.60. The van der Waals surface area contributed by atoms with Gasteiger partial charge in [-0.1, -0.05) is 13.8 Å². The molecule has 1 fully saturated rings. The number of aryl methyl sites for hydroxylation is 1. The molecule has 1 aliphatic heterocycles. The summed E-state index contributed by atoms with van der Waals surface area (Å²) in [7, 11) is 0. The second kappa shape index (κ2) is 6.82. The van der Waals surface area contributed by atoms with Gasteiger partial charge in [0.2, 0.25) is 0 Å². The zero-order valence-corrected chi connectivity index (χ0v) is 13.4. The van der Waals surface area contributed by atoms with Crippen molar-refractivity contribution in [1.29, 1.82) is 0 Å². The molecular weight excluding hydrogens is 254 g/mol. The SMILES string of the molecule is CCCNC1(c2nc(C)cs2)CCCN(CC)CC1. The van der Waals surface area contributed by atoms with Crippen molar-refractivity contribution in [2.45, 2.75) is 52.0 Å². The van der Waals surface area contributed by atoms with E-state index in [1.165, 1.54) is 50.3 Å². The van der Waals surface area contributed by atoms with Crippen molar-refractivity contribution in [2.75, 3.05) is 26.2 Å². The molecule has 0 amide bonds. The van der Waals surface area contributed by atoms with E-state index >= 15 is 0 Å². The third kappa shape index (κ3) is 3.56. The number of aromatic nitrogens is 1. The third-order valence-electron chi connectivity index (χ3n) is 4.12. The van der Waals surface area contributed by atoms with Crippen LogP contribution in [0, 0.1) is 6.92 Å². The van der Waals surface area contributed by atoms with Crippen molar-refractivity contribution < 1.29 is 0 Å². The third-order valence-corrected chi connectivity index (χ3v) is 5.29. The van der Waals surface area contributed by atoms with Crippen molar-refractivity contribution in [1.82, 2.24) is 15.2 Å². The molecule has 0 aromatic carbocycles. The Morgan fingerprint density at radius 2 is 2.21 bits per heavy atom. The Bertz CT molecular complexity index is 390. The van der Waals surface area contributed by atoms with Crippen LogP contribution in [0.4, 0.5) is 0 Å². The van der Waals surface area contributed by atoms with Crippen LogP contribution in [-0.2, 0) is 5.54 Å². The molecule has 1 aliphatic rings. The van der Waals surface area contributed by atoms with Gasteiger partial charge in [0, 0.05) is 17.6 Å². The van der Waals surface area contributed by atoms with Crippen LogP contribution in [-0.4, -0.2) is 36.1 Å². The van der Waals surface area contributed by atoms with E-state index in [9.17, 15) is 0 Å². The summed E-state index contributed by atoms with van der Waals surface area (Å²) in [5.74, 6) is 0. The van der Waals surface area contributed by atoms with Crippen LogP contribution >= 0.6 is 11.3 Å². The molecule has 1 atom stereocenters. The quantitative estimate of drug-likeness (QED) is 0.898. The van der Waals surface area contributed by atoms with Crippen LogP contribution < -0.4 is 5.32 Å². The molecule has 108 valence electrons. The highest BCUT2D eigenvalue weighted by Crippen LogP contribution is 2.34. The highest BCUT2D eigenvalue weighted by atomic mass is 32.1. The molecular formula is C15H27N3S. The fourth-order valence-corrected chi connectivity index (χ4v) is 3.94. The minimum Gasteiger partial charge on any atom is -0.305 e. The lowest BCUT2D eigenvalue weighted by Gasteiger charge is -2.32. The molecule has 0 aliphatic carbocycles. The van der Waals surface area contributed by atoms with Gasteiger partial charge in [0.1, 0.15) is 5.01 Å². The molecule has 1 N–H and O–H groups in total. The zero-order valence-electron chi connectivity index (χ0n) is 12.5. The molecule has 0 radical (unpaired) electrons. The maximum atomic E-state index is 4.79. The Balaban J connectivity index is 2.19. The van der Waals surface area contributed by atoms with Gasteiger partial charge in [-0.3, -0.25) is 0 Å². The van der Waals surface area contributed by atoms with Crippen LogP contribution in [0.2, 0.25) is 0 Å². The minimum absolute atomic E-state index is 0.124. The number of likely N-dealkylation sites (tertiary alicyclic amines) is 1. The second-order valence-electron chi connectivity index (χ2n) is 5.59. The summed E-state index contributed by atoms with van der Waals surface area (Å²) < 4.78 is 0. The highest BCUT2D eigenvalue weighted by molar-refractivity contribution is 7.09. The van der Waals surface area contributed by atoms with Crippen LogP contribution in [0.5, 0.6) is 0 Å². The molecule has 4 heteroatoms. The van der Waals surface area contributed by atoms with E-state index in [1.807, 2.05) is 11.3 Å². The largest absolute Gasteiger partial charge is 0.305 e. The van der Waals surface area contributed by atoms with Gasteiger partial charge in [0.15, 0.2) is 0 Å². The molecule has 0 spiro atoms. The molecule has 3 nitrogen and oxygen atoms in total. The Kier molecular flexibility index (Phi) is 5.37. The van der Waals surface area contributed by atoms with Crippen LogP contribution in [0.15, 0.2) is 5.38 Å². The fraction of sp³-hybridized carbons (Fsp3) is 0.800. The highest BCUT2D eigenvalue weighted by Gasteiger charge is 2.35. The molecule has 2 rings (SSSR count). The van der Waals surface area contributed by atoms with Gasteiger partial charge in [-0.2, -0.15) is 0 Å². The maximum absolute atomic E-state index is 4.79. The lowest BCUT2D eigenvalue weighted by molar-refractivity contribution is 0.264. The Morgan fingerprint density at radius 3 is 2.84 bits per heavy atom. The maximum Gasteiger partial charge on any atom is 0.113 e. The Hall–Kier alpha value is -0.450. The summed E-state index contributed by atoms with van der Waals surface area (Å²) in [6.07, 6.45) is 4.86. The lowest BCUT2D eigenvalue weighted by atomic mass is 9.91. The van der Waals surface area contributed by atoms with E-state index < -0.39 is 0 Å². The number of hydrogen-bond acceptors (Lipinski definition) is 4. The number of nitrogens with one attached hydrogen (secondary N) is 1. The van der Waals surface area contributed by atoms with E-state index in [0.29, 0.717) is 0 Å². The van der Waals surface area contributed by atoms with E-state index in [4.69, 9.17) is 4.98 Å². The predicted molar refractivity (Wildman–Crippen MR) is 82.8 cm³/mol. The number of thiazole rings is 1. The summed E-state index contributed by atoms with van der Waals surface area (Å²) in [5, 5.41) is 7.31. The van der Waals surface area contributed by atoms with Gasteiger partial charge in [-0.05, 0) is 52.2 Å². The first kappa shape index (κ1) is 14.9. The van der Waals surface area contributed by atoms with Gasteiger partial charge in [0.05, 0.1) is 5.54 Å². The molecule has 1 aromatic heterocycles. The van der Waals surface area contributed by atoms with Crippen molar-refractivity contribution in [3.63, 3.8) is 0 Å². The smallest absolute Gasteiger partial charge is 0.113 e. The standard InChI is InChI=1S/C15H27N3S/c1-4-9-16-15(14-17-13(3)12-19-14)7-6-10-18(5-2)11-8-15/h12,16H,4-11H2,1-3H3. The lowest BCUT2D eigenvalue weighted by Crippen LogP contribution is -2.43. The number of nitrogens with zero attached hydrogens (tertiary/aromatic N) is 2. The minimum atomic E-state index is 0.124. The summed E-state index contributed by atoms with van der Waals surface area (Å²) in [5.41, 5.74) is 1.29. The summed E-state index contributed by atoms with van der Waals surface area (Å²) in [6, 6.07) is 0. The topological polar surface area (TPSA) is 28.2 Å². The molecule has 0 saturated carbocycles. The fourth-order valence-electron chi connectivity index (χ4n) is 2.91. The Morgan fingerprint density at radius 1 is 1.37 bits per heavy atom. The van der Waals surface area contributed by atoms with Gasteiger partial charge < -0.3 is 10.2 Å². The average Bonchev–Trinajstić information content (AvgIpc) is 2.75. The second-order valence-corrected chi connectivity index (χ2v) is 6.45. The summed E-state index contributed by atoms with van der Waals surface area (Å²) in [6.45, 7) is 11.3. The summed E-state index contributed by atoms with van der Waals surface area (Å²) in [4.78, 5) is 7.35. The van der Waals surface area contributed by atoms with Gasteiger partial charge in [0.25, 0.3) is 0 Å². The molecule has 1 saturated heterocycles. The summed E-state index contributed by atoms with van der Waals surface area (Å²) >= 11 is 1.83. The molecule has 19 heavy (non-hydrogen) atoms. The van der Waals surface area contributed by atoms with Crippen LogP contribution in [0.1, 0.15) is 50.2 Å². The van der Waals surface area contributed by atoms with E-state index in [0.717, 1.165) is 12.2 Å².